The van der Waals surface area contributed by atoms with E-state index in [-0.39, 0.29) is 5.91 Å². The molecule has 1 amide bonds. The fourth-order valence-corrected chi connectivity index (χ4v) is 3.09. The van der Waals surface area contributed by atoms with E-state index in [9.17, 15) is 9.90 Å². The SMILES string of the molecule is O=C(Cc1ccccc1)N1CCC(c2ccc(O)cc2)CC1. The molecule has 3 rings (SSSR count). The molecule has 1 fully saturated rings. The summed E-state index contributed by atoms with van der Waals surface area (Å²) in [6.45, 7) is 1.63. The number of phenolic OH excluding ortho intramolecular Hbond substituents is 1. The molecule has 1 aliphatic heterocycles. The summed E-state index contributed by atoms with van der Waals surface area (Å²) < 4.78 is 0. The maximum Gasteiger partial charge on any atom is 0.226 e. The van der Waals surface area contributed by atoms with Gasteiger partial charge in [0.15, 0.2) is 0 Å². The minimum absolute atomic E-state index is 0.218. The smallest absolute Gasteiger partial charge is 0.226 e. The number of rotatable bonds is 3. The molecule has 0 unspecified atom stereocenters. The molecule has 3 nitrogen and oxygen atoms in total. The second-order valence-corrected chi connectivity index (χ2v) is 5.91. The Hall–Kier alpha value is -2.29. The first kappa shape index (κ1) is 14.6. The van der Waals surface area contributed by atoms with Crippen molar-refractivity contribution in [3.05, 3.63) is 65.7 Å². The van der Waals surface area contributed by atoms with Crippen molar-refractivity contribution in [1.29, 1.82) is 0 Å². The molecule has 1 aliphatic rings. The van der Waals surface area contributed by atoms with Gasteiger partial charge in [-0.2, -0.15) is 0 Å². The van der Waals surface area contributed by atoms with E-state index in [0.717, 1.165) is 31.5 Å². The van der Waals surface area contributed by atoms with Gasteiger partial charge in [-0.3, -0.25) is 4.79 Å². The quantitative estimate of drug-likeness (QED) is 0.943. The summed E-state index contributed by atoms with van der Waals surface area (Å²) in [5, 5.41) is 9.36. The summed E-state index contributed by atoms with van der Waals surface area (Å²) in [6, 6.07) is 17.4. The number of carbonyl (C=O) groups is 1. The lowest BCUT2D eigenvalue weighted by molar-refractivity contribution is -0.131. The van der Waals surface area contributed by atoms with Gasteiger partial charge in [0.1, 0.15) is 5.75 Å². The highest BCUT2D eigenvalue weighted by molar-refractivity contribution is 5.78. The van der Waals surface area contributed by atoms with Gasteiger partial charge in [0.2, 0.25) is 5.91 Å². The summed E-state index contributed by atoms with van der Waals surface area (Å²) in [6.07, 6.45) is 2.47. The van der Waals surface area contributed by atoms with Crippen molar-refractivity contribution in [2.45, 2.75) is 25.2 Å². The van der Waals surface area contributed by atoms with Crippen LogP contribution in [0.25, 0.3) is 0 Å². The lowest BCUT2D eigenvalue weighted by Crippen LogP contribution is -2.38. The highest BCUT2D eigenvalue weighted by Gasteiger charge is 2.23. The van der Waals surface area contributed by atoms with Crippen LogP contribution in [0.1, 0.15) is 29.9 Å². The van der Waals surface area contributed by atoms with Crippen LogP contribution < -0.4 is 0 Å². The number of piperidine rings is 1. The first-order chi connectivity index (χ1) is 10.7. The monoisotopic (exact) mass is 295 g/mol. The molecule has 114 valence electrons. The number of hydrogen-bond acceptors (Lipinski definition) is 2. The molecule has 22 heavy (non-hydrogen) atoms. The van der Waals surface area contributed by atoms with Crippen LogP contribution in [0.2, 0.25) is 0 Å². The highest BCUT2D eigenvalue weighted by Crippen LogP contribution is 2.29. The van der Waals surface area contributed by atoms with E-state index in [1.54, 1.807) is 12.1 Å². The summed E-state index contributed by atoms with van der Waals surface area (Å²) in [4.78, 5) is 14.3. The van der Waals surface area contributed by atoms with Gasteiger partial charge in [-0.25, -0.2) is 0 Å². The Labute approximate surface area is 131 Å². The van der Waals surface area contributed by atoms with Crippen LogP contribution >= 0.6 is 0 Å². The zero-order valence-corrected chi connectivity index (χ0v) is 12.6. The van der Waals surface area contributed by atoms with Crippen LogP contribution in [0.15, 0.2) is 54.6 Å². The van der Waals surface area contributed by atoms with Crippen LogP contribution in [-0.2, 0) is 11.2 Å². The van der Waals surface area contributed by atoms with Crippen LogP contribution in [0.3, 0.4) is 0 Å². The lowest BCUT2D eigenvalue weighted by Gasteiger charge is -2.32. The van der Waals surface area contributed by atoms with E-state index in [4.69, 9.17) is 0 Å². The lowest BCUT2D eigenvalue weighted by atomic mass is 9.89. The number of nitrogens with zero attached hydrogens (tertiary/aromatic N) is 1. The molecule has 0 bridgehead atoms. The molecule has 0 aliphatic carbocycles. The zero-order chi connectivity index (χ0) is 15.4. The van der Waals surface area contributed by atoms with Crippen molar-refractivity contribution in [3.63, 3.8) is 0 Å². The standard InChI is InChI=1S/C19H21NO2/c21-18-8-6-16(7-9-18)17-10-12-20(13-11-17)19(22)14-15-4-2-1-3-5-15/h1-9,17,21H,10-14H2. The number of amides is 1. The fraction of sp³-hybridized carbons (Fsp3) is 0.316. The van der Waals surface area contributed by atoms with E-state index in [0.29, 0.717) is 18.1 Å². The van der Waals surface area contributed by atoms with E-state index in [1.807, 2.05) is 47.4 Å². The largest absolute Gasteiger partial charge is 0.508 e. The average molecular weight is 295 g/mol. The molecule has 3 heteroatoms. The Kier molecular flexibility index (Phi) is 4.42. The van der Waals surface area contributed by atoms with Crippen molar-refractivity contribution < 1.29 is 9.90 Å². The molecule has 0 atom stereocenters. The van der Waals surface area contributed by atoms with Gasteiger partial charge < -0.3 is 10.0 Å². The summed E-state index contributed by atoms with van der Waals surface area (Å²) in [5.74, 6) is 1.01. The Morgan fingerprint density at radius 1 is 1.00 bits per heavy atom. The first-order valence-electron chi connectivity index (χ1n) is 7.83. The summed E-state index contributed by atoms with van der Waals surface area (Å²) >= 11 is 0. The maximum absolute atomic E-state index is 12.3. The molecule has 1 saturated heterocycles. The molecular weight excluding hydrogens is 274 g/mol. The first-order valence-corrected chi connectivity index (χ1v) is 7.83. The number of phenols is 1. The van der Waals surface area contributed by atoms with Gasteiger partial charge in [-0.1, -0.05) is 42.5 Å². The Morgan fingerprint density at radius 2 is 1.64 bits per heavy atom. The third kappa shape index (κ3) is 3.48. The second-order valence-electron chi connectivity index (χ2n) is 5.91. The molecule has 1 heterocycles. The van der Waals surface area contributed by atoms with Gasteiger partial charge >= 0.3 is 0 Å². The summed E-state index contributed by atoms with van der Waals surface area (Å²) in [7, 11) is 0. The van der Waals surface area contributed by atoms with Gasteiger partial charge in [0.25, 0.3) is 0 Å². The fourth-order valence-electron chi connectivity index (χ4n) is 3.09. The molecule has 2 aromatic rings. The van der Waals surface area contributed by atoms with Gasteiger partial charge in [-0.15, -0.1) is 0 Å². The number of carbonyl (C=O) groups excluding carboxylic acids is 1. The number of hydrogen-bond donors (Lipinski definition) is 1. The third-order valence-electron chi connectivity index (χ3n) is 4.41. The Bertz CT molecular complexity index is 614. The van der Waals surface area contributed by atoms with Gasteiger partial charge in [-0.05, 0) is 42.0 Å². The minimum atomic E-state index is 0.218. The van der Waals surface area contributed by atoms with Crippen LogP contribution in [0.5, 0.6) is 5.75 Å². The van der Waals surface area contributed by atoms with Crippen molar-refractivity contribution in [2.75, 3.05) is 13.1 Å². The van der Waals surface area contributed by atoms with Crippen LogP contribution in [0.4, 0.5) is 0 Å². The predicted octanol–water partition coefficient (Wildman–Crippen LogP) is 3.34. The van der Waals surface area contributed by atoms with Gasteiger partial charge in [0, 0.05) is 13.1 Å². The summed E-state index contributed by atoms with van der Waals surface area (Å²) in [5.41, 5.74) is 2.33. The van der Waals surface area contributed by atoms with E-state index < -0.39 is 0 Å². The molecule has 0 aromatic heterocycles. The molecule has 2 aromatic carbocycles. The highest BCUT2D eigenvalue weighted by atomic mass is 16.3. The molecule has 0 saturated carbocycles. The average Bonchev–Trinajstić information content (AvgIpc) is 2.57. The molecular formula is C19H21NO2. The number of aromatic hydroxyl groups is 1. The maximum atomic E-state index is 12.3. The number of benzene rings is 2. The van der Waals surface area contributed by atoms with Crippen LogP contribution in [0, 0.1) is 0 Å². The Morgan fingerprint density at radius 3 is 2.27 bits per heavy atom. The third-order valence-corrected chi connectivity index (χ3v) is 4.41. The predicted molar refractivity (Wildman–Crippen MR) is 86.8 cm³/mol. The second kappa shape index (κ2) is 6.65. The van der Waals surface area contributed by atoms with Gasteiger partial charge in [0.05, 0.1) is 6.42 Å². The van der Waals surface area contributed by atoms with Crippen molar-refractivity contribution in [1.82, 2.24) is 4.90 Å². The van der Waals surface area contributed by atoms with E-state index in [2.05, 4.69) is 0 Å². The van der Waals surface area contributed by atoms with Crippen molar-refractivity contribution in [3.8, 4) is 5.75 Å². The Balaban J connectivity index is 1.55. The van der Waals surface area contributed by atoms with E-state index in [1.165, 1.54) is 5.56 Å². The molecule has 0 spiro atoms. The van der Waals surface area contributed by atoms with Crippen molar-refractivity contribution >= 4 is 5.91 Å². The molecule has 0 radical (unpaired) electrons. The van der Waals surface area contributed by atoms with Crippen LogP contribution in [-0.4, -0.2) is 29.0 Å². The molecule has 1 N–H and O–H groups in total. The minimum Gasteiger partial charge on any atom is -0.508 e. The van der Waals surface area contributed by atoms with Crippen molar-refractivity contribution in [2.24, 2.45) is 0 Å². The zero-order valence-electron chi connectivity index (χ0n) is 12.6. The number of likely N-dealkylation sites (tertiary alicyclic amines) is 1. The normalized spacial score (nSPS) is 15.7. The topological polar surface area (TPSA) is 40.5 Å². The van der Waals surface area contributed by atoms with E-state index >= 15 is 0 Å².